The van der Waals surface area contributed by atoms with Crippen LogP contribution in [0.5, 0.6) is 0 Å². The van der Waals surface area contributed by atoms with Crippen molar-refractivity contribution in [2.45, 2.75) is 0 Å². The molecule has 0 aliphatic carbocycles. The van der Waals surface area contributed by atoms with Gasteiger partial charge in [-0.2, -0.15) is 0 Å². The van der Waals surface area contributed by atoms with Crippen LogP contribution in [-0.4, -0.2) is 21.0 Å². The van der Waals surface area contributed by atoms with Crippen LogP contribution in [0.1, 0.15) is 10.4 Å². The molecule has 1 aromatic carbocycles. The Labute approximate surface area is 85.9 Å². The van der Waals surface area contributed by atoms with E-state index in [1.807, 2.05) is 0 Å². The summed E-state index contributed by atoms with van der Waals surface area (Å²) in [6.07, 6.45) is 0. The van der Waals surface area contributed by atoms with Gasteiger partial charge in [-0.25, -0.2) is 14.2 Å². The van der Waals surface area contributed by atoms with Crippen molar-refractivity contribution in [3.63, 3.8) is 0 Å². The maximum absolute atomic E-state index is 13.3. The number of hydrogen-bond donors (Lipinski definition) is 2. The third-order valence-corrected chi connectivity index (χ3v) is 2.13. The molecular formula is C8H4BrFN2O2. The van der Waals surface area contributed by atoms with E-state index in [4.69, 9.17) is 5.11 Å². The van der Waals surface area contributed by atoms with E-state index >= 15 is 0 Å². The number of carbonyl (C=O) groups is 1. The van der Waals surface area contributed by atoms with Gasteiger partial charge in [-0.3, -0.25) is 0 Å². The minimum absolute atomic E-state index is 0.105. The highest BCUT2D eigenvalue weighted by Crippen LogP contribution is 2.20. The van der Waals surface area contributed by atoms with Crippen molar-refractivity contribution in [2.24, 2.45) is 0 Å². The van der Waals surface area contributed by atoms with Crippen LogP contribution in [0.25, 0.3) is 11.0 Å². The first-order chi connectivity index (χ1) is 6.58. The van der Waals surface area contributed by atoms with Crippen molar-refractivity contribution in [3.05, 3.63) is 28.2 Å². The second kappa shape index (κ2) is 3.06. The van der Waals surface area contributed by atoms with Crippen LogP contribution in [-0.2, 0) is 0 Å². The van der Waals surface area contributed by atoms with Crippen LogP contribution in [0.4, 0.5) is 4.39 Å². The Balaban J connectivity index is 2.77. The lowest BCUT2D eigenvalue weighted by Crippen LogP contribution is -1.97. The predicted octanol–water partition coefficient (Wildman–Crippen LogP) is 2.16. The fourth-order valence-electron chi connectivity index (χ4n) is 1.17. The fraction of sp³-hybridized carbons (Fsp3) is 0. The quantitative estimate of drug-likeness (QED) is 0.824. The number of nitrogens with zero attached hydrogens (tertiary/aromatic N) is 1. The van der Waals surface area contributed by atoms with Gasteiger partial charge in [0.05, 0.1) is 11.1 Å². The average Bonchev–Trinajstić information content (AvgIpc) is 2.45. The first-order valence-electron chi connectivity index (χ1n) is 3.66. The molecule has 0 saturated carbocycles. The molecule has 2 N–H and O–H groups in total. The normalized spacial score (nSPS) is 10.7. The molecule has 1 heterocycles. The number of aromatic carboxylic acids is 1. The van der Waals surface area contributed by atoms with Gasteiger partial charge in [0.1, 0.15) is 5.52 Å². The summed E-state index contributed by atoms with van der Waals surface area (Å²) in [4.78, 5) is 17.1. The Morgan fingerprint density at radius 1 is 1.57 bits per heavy atom. The molecule has 2 aromatic rings. The number of carboxylic acids is 1. The van der Waals surface area contributed by atoms with Crippen LogP contribution in [0.15, 0.2) is 16.9 Å². The van der Waals surface area contributed by atoms with Gasteiger partial charge >= 0.3 is 5.97 Å². The smallest absolute Gasteiger partial charge is 0.335 e. The predicted molar refractivity (Wildman–Crippen MR) is 50.7 cm³/mol. The van der Waals surface area contributed by atoms with Gasteiger partial charge in [-0.05, 0) is 28.1 Å². The number of fused-ring (bicyclic) bond motifs is 1. The van der Waals surface area contributed by atoms with Crippen molar-refractivity contribution < 1.29 is 14.3 Å². The molecule has 0 radical (unpaired) electrons. The number of aromatic amines is 1. The van der Waals surface area contributed by atoms with Crippen LogP contribution >= 0.6 is 15.9 Å². The van der Waals surface area contributed by atoms with Crippen LogP contribution < -0.4 is 0 Å². The van der Waals surface area contributed by atoms with E-state index in [0.717, 1.165) is 6.07 Å². The van der Waals surface area contributed by atoms with Crippen LogP contribution in [0.3, 0.4) is 0 Å². The van der Waals surface area contributed by atoms with E-state index in [-0.39, 0.29) is 11.1 Å². The van der Waals surface area contributed by atoms with Gasteiger partial charge in [-0.15, -0.1) is 0 Å². The second-order valence-corrected chi connectivity index (χ2v) is 3.44. The van der Waals surface area contributed by atoms with Gasteiger partial charge in [0.2, 0.25) is 0 Å². The third-order valence-electron chi connectivity index (χ3n) is 1.76. The molecule has 0 aliphatic rings. The summed E-state index contributed by atoms with van der Waals surface area (Å²) < 4.78 is 13.6. The molecule has 0 spiro atoms. The minimum Gasteiger partial charge on any atom is -0.478 e. The largest absolute Gasteiger partial charge is 0.478 e. The molecule has 0 saturated heterocycles. The molecule has 6 heteroatoms. The second-order valence-electron chi connectivity index (χ2n) is 2.69. The van der Waals surface area contributed by atoms with E-state index in [1.54, 1.807) is 0 Å². The Morgan fingerprint density at radius 2 is 2.29 bits per heavy atom. The lowest BCUT2D eigenvalue weighted by atomic mass is 10.2. The monoisotopic (exact) mass is 258 g/mol. The highest BCUT2D eigenvalue weighted by Gasteiger charge is 2.11. The molecule has 2 rings (SSSR count). The van der Waals surface area contributed by atoms with Crippen molar-refractivity contribution in [2.75, 3.05) is 0 Å². The van der Waals surface area contributed by atoms with Crippen molar-refractivity contribution in [1.82, 2.24) is 9.97 Å². The number of aromatic nitrogens is 2. The van der Waals surface area contributed by atoms with Crippen LogP contribution in [0.2, 0.25) is 0 Å². The third kappa shape index (κ3) is 1.37. The maximum Gasteiger partial charge on any atom is 0.335 e. The topological polar surface area (TPSA) is 66.0 Å². The summed E-state index contributed by atoms with van der Waals surface area (Å²) in [6.45, 7) is 0. The Hall–Kier alpha value is -1.43. The zero-order chi connectivity index (χ0) is 10.3. The minimum atomic E-state index is -1.17. The molecule has 0 amide bonds. The van der Waals surface area contributed by atoms with Gasteiger partial charge in [0, 0.05) is 0 Å². The lowest BCUT2D eigenvalue weighted by molar-refractivity contribution is 0.0696. The number of imidazole rings is 1. The molecule has 14 heavy (non-hydrogen) atoms. The molecule has 0 fully saturated rings. The van der Waals surface area contributed by atoms with Crippen molar-refractivity contribution in [3.8, 4) is 0 Å². The summed E-state index contributed by atoms with van der Waals surface area (Å²) in [5.74, 6) is -1.82. The standard InChI is InChI=1S/C8H4BrFN2O2/c9-8-11-5-2-3(7(13)14)1-4(10)6(5)12-8/h1-2H,(H,11,12)(H,13,14). The summed E-state index contributed by atoms with van der Waals surface area (Å²) in [6, 6.07) is 2.27. The molecule has 4 nitrogen and oxygen atoms in total. The molecule has 0 atom stereocenters. The molecule has 72 valence electrons. The van der Waals surface area contributed by atoms with Gasteiger partial charge < -0.3 is 10.1 Å². The van der Waals surface area contributed by atoms with Gasteiger partial charge in [-0.1, -0.05) is 0 Å². The Morgan fingerprint density at radius 3 is 2.93 bits per heavy atom. The maximum atomic E-state index is 13.3. The molecule has 0 aliphatic heterocycles. The van der Waals surface area contributed by atoms with Gasteiger partial charge in [0.25, 0.3) is 0 Å². The number of halogens is 2. The highest BCUT2D eigenvalue weighted by atomic mass is 79.9. The molecule has 0 bridgehead atoms. The van der Waals surface area contributed by atoms with E-state index in [2.05, 4.69) is 25.9 Å². The SMILES string of the molecule is O=C(O)c1cc(F)c2nc(Br)[nH]c2c1. The number of hydrogen-bond acceptors (Lipinski definition) is 2. The summed E-state index contributed by atoms with van der Waals surface area (Å²) in [5.41, 5.74) is 0.377. The molecule has 1 aromatic heterocycles. The lowest BCUT2D eigenvalue weighted by Gasteiger charge is -1.95. The first kappa shape index (κ1) is 9.14. The first-order valence-corrected chi connectivity index (χ1v) is 4.45. The number of H-pyrrole nitrogens is 1. The summed E-state index contributed by atoms with van der Waals surface area (Å²) >= 11 is 3.04. The van der Waals surface area contributed by atoms with Crippen molar-refractivity contribution in [1.29, 1.82) is 0 Å². The van der Waals surface area contributed by atoms with E-state index in [1.165, 1.54) is 6.07 Å². The summed E-state index contributed by atoms with van der Waals surface area (Å²) in [7, 11) is 0. The Bertz CT molecular complexity index is 523. The van der Waals surface area contributed by atoms with Gasteiger partial charge in [0.15, 0.2) is 10.6 Å². The molecule has 0 unspecified atom stereocenters. The number of carboxylic acid groups (broad SMARTS) is 1. The number of nitrogens with one attached hydrogen (secondary N) is 1. The highest BCUT2D eigenvalue weighted by molar-refractivity contribution is 9.10. The summed E-state index contributed by atoms with van der Waals surface area (Å²) in [5, 5.41) is 8.66. The zero-order valence-electron chi connectivity index (χ0n) is 6.71. The van der Waals surface area contributed by atoms with Crippen LogP contribution in [0, 0.1) is 5.82 Å². The number of rotatable bonds is 1. The molecular weight excluding hydrogens is 255 g/mol. The Kier molecular flexibility index (Phi) is 1.99. The average molecular weight is 259 g/mol. The van der Waals surface area contributed by atoms with E-state index in [9.17, 15) is 9.18 Å². The zero-order valence-corrected chi connectivity index (χ0v) is 8.30. The number of benzene rings is 1. The van der Waals surface area contributed by atoms with Crippen molar-refractivity contribution >= 4 is 32.9 Å². The fourth-order valence-corrected chi connectivity index (χ4v) is 1.56. The van der Waals surface area contributed by atoms with E-state index in [0.29, 0.717) is 10.3 Å². The van der Waals surface area contributed by atoms with E-state index < -0.39 is 11.8 Å².